The fourth-order valence-corrected chi connectivity index (χ4v) is 3.85. The van der Waals surface area contributed by atoms with Gasteiger partial charge in [0.2, 0.25) is 0 Å². The van der Waals surface area contributed by atoms with E-state index in [-0.39, 0.29) is 21.2 Å². The quantitative estimate of drug-likeness (QED) is 0.816. The molecule has 0 atom stereocenters. The fourth-order valence-electron chi connectivity index (χ4n) is 2.32. The van der Waals surface area contributed by atoms with Crippen LogP contribution in [0.1, 0.15) is 10.4 Å². The minimum atomic E-state index is -4.08. The Morgan fingerprint density at radius 1 is 1.16 bits per heavy atom. The summed E-state index contributed by atoms with van der Waals surface area (Å²) in [6.45, 7) is 0.743. The van der Waals surface area contributed by atoms with Gasteiger partial charge in [-0.15, -0.1) is 0 Å². The van der Waals surface area contributed by atoms with Crippen LogP contribution in [0.25, 0.3) is 0 Å². The Hall–Kier alpha value is -2.45. The third-order valence-corrected chi connectivity index (χ3v) is 5.19. The Morgan fingerprint density at radius 2 is 1.80 bits per heavy atom. The van der Waals surface area contributed by atoms with Crippen molar-refractivity contribution in [3.63, 3.8) is 0 Å². The number of hydrogen-bond donors (Lipinski definition) is 1. The number of rotatable bonds is 4. The molecule has 0 unspecified atom stereocenters. The number of anilines is 1. The second-order valence-corrected chi connectivity index (χ2v) is 7.13. The van der Waals surface area contributed by atoms with E-state index in [1.165, 1.54) is 37.4 Å². The first-order chi connectivity index (χ1) is 11.9. The lowest BCUT2D eigenvalue weighted by atomic mass is 10.2. The zero-order chi connectivity index (χ0) is 18.0. The van der Waals surface area contributed by atoms with Crippen molar-refractivity contribution in [2.75, 3.05) is 25.0 Å². The molecule has 0 spiro atoms. The van der Waals surface area contributed by atoms with E-state index in [4.69, 9.17) is 21.1 Å². The van der Waals surface area contributed by atoms with Crippen molar-refractivity contribution in [2.24, 2.45) is 0 Å². The summed E-state index contributed by atoms with van der Waals surface area (Å²) >= 11 is 6.13. The topological polar surface area (TPSA) is 90.9 Å². The SMILES string of the molecule is COC(=O)c1ccccc1S(=O)(=O)Nc1cc2c(cc1Cl)OCCO2. The van der Waals surface area contributed by atoms with Gasteiger partial charge in [-0.2, -0.15) is 0 Å². The molecule has 1 heterocycles. The van der Waals surface area contributed by atoms with Gasteiger partial charge in [0.05, 0.1) is 23.4 Å². The molecule has 0 amide bonds. The van der Waals surface area contributed by atoms with Crippen molar-refractivity contribution in [1.29, 1.82) is 0 Å². The molecule has 1 N–H and O–H groups in total. The van der Waals surface area contributed by atoms with E-state index in [1.807, 2.05) is 0 Å². The number of carbonyl (C=O) groups excluding carboxylic acids is 1. The zero-order valence-electron chi connectivity index (χ0n) is 13.1. The van der Waals surface area contributed by atoms with E-state index in [1.54, 1.807) is 6.07 Å². The molecule has 3 rings (SSSR count). The number of methoxy groups -OCH3 is 1. The van der Waals surface area contributed by atoms with Crippen LogP contribution in [-0.2, 0) is 14.8 Å². The second-order valence-electron chi connectivity index (χ2n) is 5.07. The van der Waals surface area contributed by atoms with Gasteiger partial charge in [-0.3, -0.25) is 4.72 Å². The Bertz CT molecular complexity index is 928. The summed E-state index contributed by atoms with van der Waals surface area (Å²) in [6, 6.07) is 8.64. The van der Waals surface area contributed by atoms with Crippen LogP contribution in [-0.4, -0.2) is 34.7 Å². The summed E-state index contributed by atoms with van der Waals surface area (Å²) < 4.78 is 43.2. The molecule has 7 nitrogen and oxygen atoms in total. The molecule has 0 saturated carbocycles. The molecule has 2 aromatic rings. The van der Waals surface area contributed by atoms with Gasteiger partial charge < -0.3 is 14.2 Å². The van der Waals surface area contributed by atoms with Gasteiger partial charge in [0.25, 0.3) is 10.0 Å². The van der Waals surface area contributed by atoms with Gasteiger partial charge in [0, 0.05) is 12.1 Å². The van der Waals surface area contributed by atoms with E-state index >= 15 is 0 Å². The molecule has 0 aliphatic carbocycles. The molecule has 132 valence electrons. The highest BCUT2D eigenvalue weighted by atomic mass is 35.5. The van der Waals surface area contributed by atoms with Crippen molar-refractivity contribution in [2.45, 2.75) is 4.90 Å². The average Bonchev–Trinajstić information content (AvgIpc) is 2.61. The summed E-state index contributed by atoms with van der Waals surface area (Å²) in [6.07, 6.45) is 0. The minimum Gasteiger partial charge on any atom is -0.486 e. The Balaban J connectivity index is 1.99. The Kier molecular flexibility index (Phi) is 4.73. The Morgan fingerprint density at radius 3 is 2.48 bits per heavy atom. The van der Waals surface area contributed by atoms with Gasteiger partial charge in [-0.05, 0) is 12.1 Å². The molecular formula is C16H14ClNO6S. The van der Waals surface area contributed by atoms with Crippen LogP contribution in [0.15, 0.2) is 41.3 Å². The van der Waals surface area contributed by atoms with Crippen molar-refractivity contribution in [3.8, 4) is 11.5 Å². The van der Waals surface area contributed by atoms with Gasteiger partial charge in [-0.1, -0.05) is 23.7 Å². The maximum absolute atomic E-state index is 12.7. The third kappa shape index (κ3) is 3.49. The number of sulfonamides is 1. The normalized spacial score (nSPS) is 13.2. The average molecular weight is 384 g/mol. The second kappa shape index (κ2) is 6.81. The monoisotopic (exact) mass is 383 g/mol. The molecule has 0 radical (unpaired) electrons. The molecule has 2 aromatic carbocycles. The number of esters is 1. The first-order valence-corrected chi connectivity index (χ1v) is 9.08. The van der Waals surface area contributed by atoms with E-state index in [0.717, 1.165) is 0 Å². The third-order valence-electron chi connectivity index (χ3n) is 3.46. The van der Waals surface area contributed by atoms with E-state index in [0.29, 0.717) is 24.7 Å². The van der Waals surface area contributed by atoms with Crippen molar-refractivity contribution in [1.82, 2.24) is 0 Å². The lowest BCUT2D eigenvalue weighted by molar-refractivity contribution is 0.0596. The maximum atomic E-state index is 12.7. The minimum absolute atomic E-state index is 0.0776. The smallest absolute Gasteiger partial charge is 0.339 e. The molecule has 0 aromatic heterocycles. The van der Waals surface area contributed by atoms with E-state index < -0.39 is 16.0 Å². The highest BCUT2D eigenvalue weighted by Crippen LogP contribution is 2.38. The summed E-state index contributed by atoms with van der Waals surface area (Å²) in [5.74, 6) is 0.0676. The van der Waals surface area contributed by atoms with Gasteiger partial charge in [0.15, 0.2) is 11.5 Å². The van der Waals surface area contributed by atoms with Crippen molar-refractivity contribution >= 4 is 33.3 Å². The molecule has 1 aliphatic heterocycles. The number of hydrogen-bond acceptors (Lipinski definition) is 6. The first-order valence-electron chi connectivity index (χ1n) is 7.21. The van der Waals surface area contributed by atoms with Crippen LogP contribution in [0.3, 0.4) is 0 Å². The highest BCUT2D eigenvalue weighted by Gasteiger charge is 2.24. The zero-order valence-corrected chi connectivity index (χ0v) is 14.7. The van der Waals surface area contributed by atoms with Crippen LogP contribution >= 0.6 is 11.6 Å². The van der Waals surface area contributed by atoms with Gasteiger partial charge >= 0.3 is 5.97 Å². The predicted molar refractivity (Wildman–Crippen MR) is 91.0 cm³/mol. The number of ether oxygens (including phenoxy) is 3. The number of carbonyl (C=O) groups is 1. The number of benzene rings is 2. The lowest BCUT2D eigenvalue weighted by Gasteiger charge is -2.20. The van der Waals surface area contributed by atoms with E-state index in [9.17, 15) is 13.2 Å². The summed E-state index contributed by atoms with van der Waals surface area (Å²) in [4.78, 5) is 11.6. The number of nitrogens with one attached hydrogen (secondary N) is 1. The van der Waals surface area contributed by atoms with Gasteiger partial charge in [-0.25, -0.2) is 13.2 Å². The largest absolute Gasteiger partial charge is 0.486 e. The van der Waals surface area contributed by atoms with Crippen LogP contribution in [0, 0.1) is 0 Å². The predicted octanol–water partition coefficient (Wildman–Crippen LogP) is 2.70. The van der Waals surface area contributed by atoms with Crippen molar-refractivity contribution < 1.29 is 27.4 Å². The lowest BCUT2D eigenvalue weighted by Crippen LogP contribution is -2.19. The molecule has 0 bridgehead atoms. The van der Waals surface area contributed by atoms with Crippen LogP contribution in [0.4, 0.5) is 5.69 Å². The van der Waals surface area contributed by atoms with Crippen LogP contribution in [0.2, 0.25) is 5.02 Å². The van der Waals surface area contributed by atoms with Gasteiger partial charge in [0.1, 0.15) is 18.1 Å². The fraction of sp³-hybridized carbons (Fsp3) is 0.188. The number of halogens is 1. The summed E-state index contributed by atoms with van der Waals surface area (Å²) in [5.41, 5.74) is 0.0387. The molecule has 25 heavy (non-hydrogen) atoms. The van der Waals surface area contributed by atoms with Crippen LogP contribution < -0.4 is 14.2 Å². The van der Waals surface area contributed by atoms with Crippen molar-refractivity contribution in [3.05, 3.63) is 47.0 Å². The maximum Gasteiger partial charge on any atom is 0.339 e. The molecule has 9 heteroatoms. The Labute approximate surface area is 149 Å². The standard InChI is InChI=1S/C16H14ClNO6S/c1-22-16(19)10-4-2-3-5-15(10)25(20,21)18-12-9-14-13(8-11(12)17)23-6-7-24-14/h2-5,8-9,18H,6-7H2,1H3. The highest BCUT2D eigenvalue weighted by molar-refractivity contribution is 7.92. The van der Waals surface area contributed by atoms with E-state index in [2.05, 4.69) is 9.46 Å². The number of fused-ring (bicyclic) bond motifs is 1. The molecule has 0 fully saturated rings. The summed E-state index contributed by atoms with van der Waals surface area (Å²) in [7, 11) is -2.90. The molecule has 1 aliphatic rings. The molecular weight excluding hydrogens is 370 g/mol. The van der Waals surface area contributed by atoms with Crippen LogP contribution in [0.5, 0.6) is 11.5 Å². The first kappa shape index (κ1) is 17.4. The summed E-state index contributed by atoms with van der Waals surface area (Å²) in [5, 5.41) is 0.142. The molecule has 0 saturated heterocycles.